The third-order valence-electron chi connectivity index (χ3n) is 8.43. The topological polar surface area (TPSA) is 82.0 Å². The summed E-state index contributed by atoms with van der Waals surface area (Å²) in [4.78, 5) is 14.0. The Kier molecular flexibility index (Phi) is 11.3. The molecule has 3 N–H and O–H groups in total. The minimum Gasteiger partial charge on any atom is -0.465 e. The Morgan fingerprint density at radius 3 is 2.67 bits per heavy atom. The van der Waals surface area contributed by atoms with Crippen molar-refractivity contribution in [1.82, 2.24) is 10.2 Å². The molecule has 1 aliphatic heterocycles. The van der Waals surface area contributed by atoms with Crippen LogP contribution < -0.4 is 5.32 Å². The molecule has 1 aliphatic carbocycles. The predicted molar refractivity (Wildman–Crippen MR) is 141 cm³/mol. The van der Waals surface area contributed by atoms with Crippen LogP contribution in [0.1, 0.15) is 76.2 Å². The summed E-state index contributed by atoms with van der Waals surface area (Å²) in [5.41, 5.74) is -1.37. The van der Waals surface area contributed by atoms with Gasteiger partial charge in [-0.05, 0) is 70.0 Å². The lowest BCUT2D eigenvalue weighted by Crippen LogP contribution is -2.59. The number of halogens is 2. The Labute approximate surface area is 220 Å². The second kappa shape index (κ2) is 13.9. The number of nitrogens with one attached hydrogen (secondary N) is 1. The number of hydrogen-bond acceptors (Lipinski definition) is 4. The summed E-state index contributed by atoms with van der Waals surface area (Å²) in [5, 5.41) is 25.9. The van der Waals surface area contributed by atoms with E-state index in [9.17, 15) is 15.0 Å². The van der Waals surface area contributed by atoms with Crippen molar-refractivity contribution in [2.24, 2.45) is 17.8 Å². The van der Waals surface area contributed by atoms with Crippen molar-refractivity contribution < 1.29 is 24.1 Å². The third-order valence-corrected chi connectivity index (χ3v) is 8.72. The highest BCUT2D eigenvalue weighted by Crippen LogP contribution is 2.47. The first kappa shape index (κ1) is 29.2. The zero-order valence-corrected chi connectivity index (χ0v) is 22.6. The van der Waals surface area contributed by atoms with E-state index in [1.165, 1.54) is 30.2 Å². The Hall–Kier alpha value is -1.41. The number of rotatable bonds is 12. The van der Waals surface area contributed by atoms with E-state index in [4.69, 9.17) is 16.3 Å². The summed E-state index contributed by atoms with van der Waals surface area (Å²) in [7, 11) is 3.53. The minimum absolute atomic E-state index is 0.0206. The standard InChI is InChI=1S/C28H44ClFN2O4/c1-31-19-21(18-20-10-4-3-5-11-20)26-23(13-9-16-32(26)27(33)34)28(35,15-6-7-17-36-2)22-12-8-14-24(29)25(22)30/h8,12,14,20-21,23,26,31,35H,3-7,9-11,13,15-19H2,1-2H3,(H,33,34)/t21?,23-,26-,28-/m1/s1. The number of hydrogen-bond donors (Lipinski definition) is 3. The fourth-order valence-corrected chi connectivity index (χ4v) is 6.98. The van der Waals surface area contributed by atoms with E-state index in [-0.39, 0.29) is 16.5 Å². The summed E-state index contributed by atoms with van der Waals surface area (Å²) in [6.45, 7) is 1.63. The van der Waals surface area contributed by atoms with Crippen molar-refractivity contribution in [1.29, 1.82) is 0 Å². The number of ether oxygens (including phenoxy) is 1. The highest BCUT2D eigenvalue weighted by atomic mass is 35.5. The quantitative estimate of drug-likeness (QED) is 0.289. The van der Waals surface area contributed by atoms with Gasteiger partial charge >= 0.3 is 6.09 Å². The molecule has 8 heteroatoms. The van der Waals surface area contributed by atoms with Crippen LogP contribution in [0.15, 0.2) is 18.2 Å². The Morgan fingerprint density at radius 2 is 2.00 bits per heavy atom. The lowest BCUT2D eigenvalue weighted by Gasteiger charge is -2.51. The van der Waals surface area contributed by atoms with Gasteiger partial charge in [0.2, 0.25) is 0 Å². The Balaban J connectivity index is 2.04. The molecular formula is C28H44ClFN2O4. The number of nitrogens with zero attached hydrogens (tertiary/aromatic N) is 1. The fraction of sp³-hybridized carbons (Fsp3) is 0.750. The number of carboxylic acid groups (broad SMARTS) is 1. The van der Waals surface area contributed by atoms with Crippen LogP contribution in [0.2, 0.25) is 5.02 Å². The van der Waals surface area contributed by atoms with E-state index >= 15 is 4.39 Å². The van der Waals surface area contributed by atoms with Crippen LogP contribution in [-0.2, 0) is 10.3 Å². The lowest BCUT2D eigenvalue weighted by molar-refractivity contribution is -0.0992. The van der Waals surface area contributed by atoms with Gasteiger partial charge in [-0.15, -0.1) is 0 Å². The second-order valence-corrected chi connectivity index (χ2v) is 11.2. The average molecular weight is 527 g/mol. The van der Waals surface area contributed by atoms with Crippen LogP contribution in [0, 0.1) is 23.6 Å². The monoisotopic (exact) mass is 526 g/mol. The van der Waals surface area contributed by atoms with Crippen LogP contribution in [0.5, 0.6) is 0 Å². The van der Waals surface area contributed by atoms with Gasteiger partial charge in [-0.25, -0.2) is 9.18 Å². The van der Waals surface area contributed by atoms with Crippen LogP contribution in [0.4, 0.5) is 9.18 Å². The highest BCUT2D eigenvalue weighted by molar-refractivity contribution is 6.30. The van der Waals surface area contributed by atoms with Gasteiger partial charge in [-0.1, -0.05) is 55.8 Å². The maximum atomic E-state index is 15.5. The Bertz CT molecular complexity index is 838. The molecule has 1 saturated heterocycles. The molecule has 0 aromatic heterocycles. The summed E-state index contributed by atoms with van der Waals surface area (Å²) < 4.78 is 20.7. The molecule has 1 aromatic carbocycles. The molecule has 1 saturated carbocycles. The molecule has 6 nitrogen and oxygen atoms in total. The molecule has 1 aromatic rings. The molecule has 36 heavy (non-hydrogen) atoms. The zero-order chi connectivity index (χ0) is 26.1. The summed E-state index contributed by atoms with van der Waals surface area (Å²) in [5.74, 6) is -0.489. The van der Waals surface area contributed by atoms with Crippen molar-refractivity contribution >= 4 is 17.7 Å². The van der Waals surface area contributed by atoms with E-state index in [0.717, 1.165) is 25.7 Å². The first-order chi connectivity index (χ1) is 17.3. The summed E-state index contributed by atoms with van der Waals surface area (Å²) in [6.07, 6.45) is 8.88. The molecular weight excluding hydrogens is 483 g/mol. The molecule has 3 rings (SSSR count). The molecule has 204 valence electrons. The summed E-state index contributed by atoms with van der Waals surface area (Å²) >= 11 is 6.18. The van der Waals surface area contributed by atoms with Gasteiger partial charge < -0.3 is 25.2 Å². The van der Waals surface area contributed by atoms with E-state index in [2.05, 4.69) is 5.32 Å². The predicted octanol–water partition coefficient (Wildman–Crippen LogP) is 6.05. The van der Waals surface area contributed by atoms with Crippen LogP contribution in [0.25, 0.3) is 0 Å². The normalized spacial score (nSPS) is 23.9. The second-order valence-electron chi connectivity index (χ2n) is 10.7. The number of piperidine rings is 1. The van der Waals surface area contributed by atoms with Gasteiger partial charge in [0, 0.05) is 37.8 Å². The van der Waals surface area contributed by atoms with Crippen molar-refractivity contribution in [3.63, 3.8) is 0 Å². The maximum absolute atomic E-state index is 15.5. The maximum Gasteiger partial charge on any atom is 0.407 e. The van der Waals surface area contributed by atoms with Crippen molar-refractivity contribution in [2.45, 2.75) is 82.3 Å². The molecule has 0 radical (unpaired) electrons. The molecule has 2 fully saturated rings. The van der Waals surface area contributed by atoms with E-state index < -0.39 is 29.5 Å². The first-order valence-electron chi connectivity index (χ1n) is 13.6. The van der Waals surface area contributed by atoms with Crippen molar-refractivity contribution in [2.75, 3.05) is 33.9 Å². The number of benzene rings is 1. The van der Waals surface area contributed by atoms with Gasteiger partial charge in [0.1, 0.15) is 5.82 Å². The molecule has 1 heterocycles. The van der Waals surface area contributed by atoms with Crippen LogP contribution in [-0.4, -0.2) is 61.1 Å². The van der Waals surface area contributed by atoms with Crippen molar-refractivity contribution in [3.8, 4) is 0 Å². The van der Waals surface area contributed by atoms with Gasteiger partial charge in [0.05, 0.1) is 10.6 Å². The number of likely N-dealkylation sites (tertiary alicyclic amines) is 1. The van der Waals surface area contributed by atoms with Crippen molar-refractivity contribution in [3.05, 3.63) is 34.6 Å². The smallest absolute Gasteiger partial charge is 0.407 e. The van der Waals surface area contributed by atoms with Gasteiger partial charge in [-0.2, -0.15) is 0 Å². The zero-order valence-electron chi connectivity index (χ0n) is 21.9. The minimum atomic E-state index is -1.54. The summed E-state index contributed by atoms with van der Waals surface area (Å²) in [6, 6.07) is 4.35. The molecule has 0 bridgehead atoms. The fourth-order valence-electron chi connectivity index (χ4n) is 6.80. The number of aliphatic hydroxyl groups is 1. The molecule has 1 amide bonds. The van der Waals surface area contributed by atoms with Gasteiger partial charge in [0.15, 0.2) is 0 Å². The number of methoxy groups -OCH3 is 1. The third kappa shape index (κ3) is 6.91. The van der Waals surface area contributed by atoms with E-state index in [1.807, 2.05) is 7.05 Å². The molecule has 4 atom stereocenters. The number of amides is 1. The van der Waals surface area contributed by atoms with E-state index in [0.29, 0.717) is 51.3 Å². The number of unbranched alkanes of at least 4 members (excludes halogenated alkanes) is 1. The van der Waals surface area contributed by atoms with Gasteiger partial charge in [-0.3, -0.25) is 0 Å². The van der Waals surface area contributed by atoms with Gasteiger partial charge in [0.25, 0.3) is 0 Å². The van der Waals surface area contributed by atoms with Crippen LogP contribution in [0.3, 0.4) is 0 Å². The average Bonchev–Trinajstić information content (AvgIpc) is 2.88. The SMILES string of the molecule is CNCC(CC1CCCCC1)[C@@H]1[C@H]([C@@](O)(CCCCOC)c2cccc(Cl)c2F)CCCN1C(=O)O. The highest BCUT2D eigenvalue weighted by Gasteiger charge is 2.51. The largest absolute Gasteiger partial charge is 0.465 e. The van der Waals surface area contributed by atoms with E-state index in [1.54, 1.807) is 19.2 Å². The van der Waals surface area contributed by atoms with Crippen LogP contribution >= 0.6 is 11.6 Å². The Morgan fingerprint density at radius 1 is 1.25 bits per heavy atom. The molecule has 2 aliphatic rings. The molecule has 1 unspecified atom stereocenters. The number of carbonyl (C=O) groups is 1. The molecule has 0 spiro atoms. The first-order valence-corrected chi connectivity index (χ1v) is 14.0. The lowest BCUT2D eigenvalue weighted by atomic mass is 9.65.